The molecule has 1 aromatic heterocycles. The molecule has 1 aromatic carbocycles. The molecule has 1 amide bonds. The molecule has 2 heterocycles. The molecule has 1 N–H and O–H groups in total. The molecule has 1 aliphatic rings. The van der Waals surface area contributed by atoms with E-state index in [1.54, 1.807) is 6.07 Å². The predicted molar refractivity (Wildman–Crippen MR) is 95.0 cm³/mol. The smallest absolute Gasteiger partial charge is 0.319 e. The number of H-pyrrole nitrogens is 1. The van der Waals surface area contributed by atoms with Crippen LogP contribution in [0.15, 0.2) is 34.8 Å². The van der Waals surface area contributed by atoms with Crippen molar-refractivity contribution in [2.45, 2.75) is 12.3 Å². The summed E-state index contributed by atoms with van der Waals surface area (Å²) in [5.74, 6) is -4.35. The van der Waals surface area contributed by atoms with Gasteiger partial charge >= 0.3 is 12.3 Å². The number of carbonyl (C=O) groups excluding carboxylic acids is 1. The molecule has 146 valence electrons. The molecule has 27 heavy (non-hydrogen) atoms. The Hall–Kier alpha value is -1.94. The van der Waals surface area contributed by atoms with Crippen molar-refractivity contribution in [1.82, 2.24) is 20.0 Å². The third-order valence-electron chi connectivity index (χ3n) is 4.36. The second kappa shape index (κ2) is 7.97. The molecule has 0 radical (unpaired) electrons. The molecule has 0 atom stereocenters. The molecule has 2 aromatic rings. The number of hydrogen-bond donors (Lipinski definition) is 1. The fourth-order valence-electron chi connectivity index (χ4n) is 2.85. The zero-order valence-electron chi connectivity index (χ0n) is 14.1. The van der Waals surface area contributed by atoms with Crippen LogP contribution in [-0.2, 0) is 0 Å². The minimum absolute atomic E-state index is 0.113. The molecule has 1 fully saturated rings. The zero-order valence-corrected chi connectivity index (χ0v) is 15.7. The van der Waals surface area contributed by atoms with Gasteiger partial charge in [-0.1, -0.05) is 28.1 Å². The van der Waals surface area contributed by atoms with Crippen molar-refractivity contribution >= 4 is 21.8 Å². The van der Waals surface area contributed by atoms with Gasteiger partial charge in [0.25, 0.3) is 5.91 Å². The van der Waals surface area contributed by atoms with Gasteiger partial charge in [0, 0.05) is 36.2 Å². The first-order valence-electron chi connectivity index (χ1n) is 8.25. The average Bonchev–Trinajstić information content (AvgIpc) is 3.12. The van der Waals surface area contributed by atoms with Gasteiger partial charge in [-0.3, -0.25) is 14.8 Å². The predicted octanol–water partition coefficient (Wildman–Crippen LogP) is 3.50. The average molecular weight is 449 g/mol. The summed E-state index contributed by atoms with van der Waals surface area (Å²) in [4.78, 5) is 15.3. The fourth-order valence-corrected chi connectivity index (χ4v) is 3.11. The Morgan fingerprint density at radius 2 is 1.81 bits per heavy atom. The van der Waals surface area contributed by atoms with Crippen LogP contribution in [0.3, 0.4) is 0 Å². The first-order chi connectivity index (χ1) is 12.8. The maximum atomic E-state index is 13.2. The molecule has 0 saturated carbocycles. The lowest BCUT2D eigenvalue weighted by molar-refractivity contribution is -0.144. The normalized spacial score (nSPS) is 16.1. The quantitative estimate of drug-likeness (QED) is 0.712. The molecule has 1 saturated heterocycles. The van der Waals surface area contributed by atoms with E-state index in [-0.39, 0.29) is 32.1 Å². The third-order valence-corrected chi connectivity index (χ3v) is 4.89. The Labute approximate surface area is 161 Å². The molecule has 0 aliphatic carbocycles. The number of halogens is 5. The molecular formula is C17H17BrF4N4O. The number of rotatable bonds is 5. The van der Waals surface area contributed by atoms with Crippen LogP contribution in [0.2, 0.25) is 0 Å². The highest BCUT2D eigenvalue weighted by molar-refractivity contribution is 9.10. The summed E-state index contributed by atoms with van der Waals surface area (Å²) < 4.78 is 51.8. The number of amides is 1. The van der Waals surface area contributed by atoms with E-state index < -0.39 is 18.9 Å². The molecule has 0 bridgehead atoms. The van der Waals surface area contributed by atoms with Gasteiger partial charge in [-0.15, -0.1) is 0 Å². The van der Waals surface area contributed by atoms with Gasteiger partial charge in [-0.05, 0) is 18.2 Å². The van der Waals surface area contributed by atoms with E-state index in [1.807, 2.05) is 24.3 Å². The Balaban J connectivity index is 1.59. The van der Waals surface area contributed by atoms with E-state index in [2.05, 4.69) is 26.1 Å². The minimum Gasteiger partial charge on any atom is -0.335 e. The summed E-state index contributed by atoms with van der Waals surface area (Å²) in [6, 6.07) is 9.07. The minimum atomic E-state index is -4.05. The summed E-state index contributed by atoms with van der Waals surface area (Å²) in [5, 5.41) is 6.83. The molecule has 10 heteroatoms. The zero-order chi connectivity index (χ0) is 19.6. The molecule has 5 nitrogen and oxygen atoms in total. The number of nitrogens with one attached hydrogen (secondary N) is 1. The van der Waals surface area contributed by atoms with Crippen LogP contribution in [0.1, 0.15) is 10.5 Å². The molecular weight excluding hydrogens is 432 g/mol. The fraction of sp³-hybridized carbons (Fsp3) is 0.412. The highest BCUT2D eigenvalue weighted by Gasteiger charge is 2.42. The molecule has 3 rings (SSSR count). The summed E-state index contributed by atoms with van der Waals surface area (Å²) in [6.45, 7) is -0.413. The van der Waals surface area contributed by atoms with Crippen LogP contribution in [0.25, 0.3) is 11.3 Å². The van der Waals surface area contributed by atoms with Gasteiger partial charge in [0.1, 0.15) is 5.69 Å². The van der Waals surface area contributed by atoms with Crippen LogP contribution in [-0.4, -0.2) is 71.0 Å². The number of hydrogen-bond acceptors (Lipinski definition) is 3. The number of carbonyl (C=O) groups is 1. The molecule has 1 aliphatic heterocycles. The Bertz CT molecular complexity index is 788. The van der Waals surface area contributed by atoms with E-state index in [1.165, 1.54) is 9.80 Å². The summed E-state index contributed by atoms with van der Waals surface area (Å²) in [5.41, 5.74) is 1.74. The van der Waals surface area contributed by atoms with E-state index in [0.717, 1.165) is 10.0 Å². The first kappa shape index (κ1) is 19.8. The van der Waals surface area contributed by atoms with Gasteiger partial charge < -0.3 is 4.90 Å². The van der Waals surface area contributed by atoms with Crippen molar-refractivity contribution in [3.63, 3.8) is 0 Å². The van der Waals surface area contributed by atoms with Crippen molar-refractivity contribution in [2.24, 2.45) is 0 Å². The third kappa shape index (κ3) is 4.67. The number of aromatic nitrogens is 2. The Morgan fingerprint density at radius 1 is 1.19 bits per heavy atom. The largest absolute Gasteiger partial charge is 0.335 e. The van der Waals surface area contributed by atoms with Crippen LogP contribution in [0, 0.1) is 0 Å². The lowest BCUT2D eigenvalue weighted by atomic mass is 10.1. The summed E-state index contributed by atoms with van der Waals surface area (Å²) >= 11 is 3.35. The Morgan fingerprint density at radius 3 is 2.41 bits per heavy atom. The van der Waals surface area contributed by atoms with Gasteiger partial charge in [0.15, 0.2) is 0 Å². The summed E-state index contributed by atoms with van der Waals surface area (Å²) in [7, 11) is 0. The van der Waals surface area contributed by atoms with Crippen LogP contribution < -0.4 is 0 Å². The van der Waals surface area contributed by atoms with Crippen LogP contribution in [0.5, 0.6) is 0 Å². The maximum absolute atomic E-state index is 13.2. The van der Waals surface area contributed by atoms with E-state index in [4.69, 9.17) is 0 Å². The van der Waals surface area contributed by atoms with Crippen molar-refractivity contribution in [1.29, 1.82) is 0 Å². The van der Waals surface area contributed by atoms with Crippen LogP contribution in [0.4, 0.5) is 17.6 Å². The van der Waals surface area contributed by atoms with Crippen LogP contribution >= 0.6 is 15.9 Å². The standard InChI is InChI=1S/C17H17BrF4N4O/c18-12-3-1-11(2-4-12)13-9-14(24-23-13)15(27)26-7-5-25(6-8-26)10-17(21,22)16(19)20/h1-4,9,16H,5-8,10H2,(H,23,24). The number of benzene rings is 1. The maximum Gasteiger partial charge on any atom is 0.319 e. The SMILES string of the molecule is O=C(c1cc(-c2ccc(Br)cc2)n[nH]1)N1CCN(CC(F)(F)C(F)F)CC1. The van der Waals surface area contributed by atoms with E-state index >= 15 is 0 Å². The second-order valence-corrected chi connectivity index (χ2v) is 7.22. The lowest BCUT2D eigenvalue weighted by Gasteiger charge is -2.35. The van der Waals surface area contributed by atoms with Crippen molar-refractivity contribution in [2.75, 3.05) is 32.7 Å². The van der Waals surface area contributed by atoms with Crippen molar-refractivity contribution in [3.8, 4) is 11.3 Å². The van der Waals surface area contributed by atoms with Crippen molar-refractivity contribution in [3.05, 3.63) is 40.5 Å². The molecule has 0 spiro atoms. The number of nitrogens with zero attached hydrogens (tertiary/aromatic N) is 3. The lowest BCUT2D eigenvalue weighted by Crippen LogP contribution is -2.52. The van der Waals surface area contributed by atoms with E-state index in [9.17, 15) is 22.4 Å². The van der Waals surface area contributed by atoms with Gasteiger partial charge in [0.05, 0.1) is 12.2 Å². The molecule has 0 unspecified atom stereocenters. The van der Waals surface area contributed by atoms with Gasteiger partial charge in [-0.2, -0.15) is 13.9 Å². The Kier molecular flexibility index (Phi) is 5.85. The van der Waals surface area contributed by atoms with E-state index in [0.29, 0.717) is 11.4 Å². The number of aromatic amines is 1. The van der Waals surface area contributed by atoms with Gasteiger partial charge in [0.2, 0.25) is 0 Å². The second-order valence-electron chi connectivity index (χ2n) is 6.30. The number of alkyl halides is 4. The summed E-state index contributed by atoms with van der Waals surface area (Å²) in [6.07, 6.45) is -3.70. The monoisotopic (exact) mass is 448 g/mol. The number of piperazine rings is 1. The highest BCUT2D eigenvalue weighted by Crippen LogP contribution is 2.25. The highest BCUT2D eigenvalue weighted by atomic mass is 79.9. The van der Waals surface area contributed by atoms with Gasteiger partial charge in [-0.25, -0.2) is 8.78 Å². The van der Waals surface area contributed by atoms with Crippen molar-refractivity contribution < 1.29 is 22.4 Å². The topological polar surface area (TPSA) is 52.2 Å². The first-order valence-corrected chi connectivity index (χ1v) is 9.04.